The SMILES string of the molecule is COc1cc(C)c(Br)cc1NC(=O)c1c(C)coc1CC(=O)O. The highest BCUT2D eigenvalue weighted by molar-refractivity contribution is 9.10. The van der Waals surface area contributed by atoms with Gasteiger partial charge in [-0.1, -0.05) is 15.9 Å². The normalized spacial score (nSPS) is 10.4. The molecule has 2 N–H and O–H groups in total. The molecule has 122 valence electrons. The molecule has 0 aliphatic rings. The Morgan fingerprint density at radius 2 is 2.00 bits per heavy atom. The summed E-state index contributed by atoms with van der Waals surface area (Å²) in [5.41, 5.74) is 2.25. The molecule has 0 unspecified atom stereocenters. The summed E-state index contributed by atoms with van der Waals surface area (Å²) in [6.45, 7) is 3.59. The lowest BCUT2D eigenvalue weighted by Gasteiger charge is -2.12. The van der Waals surface area contributed by atoms with Crippen LogP contribution in [-0.2, 0) is 11.2 Å². The Morgan fingerprint density at radius 3 is 2.61 bits per heavy atom. The van der Waals surface area contributed by atoms with Crippen LogP contribution in [0.15, 0.2) is 27.3 Å². The minimum Gasteiger partial charge on any atom is -0.495 e. The number of rotatable bonds is 5. The van der Waals surface area contributed by atoms with Crippen LogP contribution in [0, 0.1) is 13.8 Å². The lowest BCUT2D eigenvalue weighted by atomic mass is 10.1. The standard InChI is InChI=1S/C16H16BrNO5/c1-8-4-12(22-3)11(5-10(8)17)18-16(21)15-9(2)7-23-13(15)6-14(19)20/h4-5,7H,6H2,1-3H3,(H,18,21)(H,19,20). The van der Waals surface area contributed by atoms with Gasteiger partial charge in [-0.2, -0.15) is 0 Å². The van der Waals surface area contributed by atoms with E-state index in [0.717, 1.165) is 10.0 Å². The summed E-state index contributed by atoms with van der Waals surface area (Å²) in [7, 11) is 1.51. The van der Waals surface area contributed by atoms with Gasteiger partial charge in [0.15, 0.2) is 0 Å². The molecule has 0 fully saturated rings. The van der Waals surface area contributed by atoms with Crippen molar-refractivity contribution >= 4 is 33.5 Å². The van der Waals surface area contributed by atoms with Gasteiger partial charge in [0, 0.05) is 10.0 Å². The Morgan fingerprint density at radius 1 is 1.30 bits per heavy atom. The van der Waals surface area contributed by atoms with E-state index < -0.39 is 11.9 Å². The number of methoxy groups -OCH3 is 1. The van der Waals surface area contributed by atoms with Crippen molar-refractivity contribution in [1.82, 2.24) is 0 Å². The molecule has 0 bridgehead atoms. The molecule has 2 aromatic rings. The minimum atomic E-state index is -1.07. The smallest absolute Gasteiger partial charge is 0.311 e. The molecule has 1 aromatic carbocycles. The number of hydrogen-bond donors (Lipinski definition) is 2. The maximum absolute atomic E-state index is 12.5. The number of carboxylic acid groups (broad SMARTS) is 1. The first-order valence-electron chi connectivity index (χ1n) is 6.77. The summed E-state index contributed by atoms with van der Waals surface area (Å²) in [5, 5.41) is 11.6. The highest BCUT2D eigenvalue weighted by atomic mass is 79.9. The van der Waals surface area contributed by atoms with Gasteiger partial charge in [0.05, 0.1) is 24.6 Å². The third-order valence-corrected chi connectivity index (χ3v) is 4.17. The number of anilines is 1. The maximum atomic E-state index is 12.5. The second kappa shape index (κ2) is 6.87. The molecule has 1 heterocycles. The van der Waals surface area contributed by atoms with Crippen LogP contribution in [0.5, 0.6) is 5.75 Å². The first kappa shape index (κ1) is 17.1. The van der Waals surface area contributed by atoms with E-state index in [-0.39, 0.29) is 17.7 Å². The Bertz CT molecular complexity index is 766. The summed E-state index contributed by atoms with van der Waals surface area (Å²) in [6, 6.07) is 3.53. The number of aliphatic carboxylic acids is 1. The summed E-state index contributed by atoms with van der Waals surface area (Å²) in [5.74, 6) is -0.872. The minimum absolute atomic E-state index is 0.123. The average Bonchev–Trinajstić information content (AvgIpc) is 2.82. The Balaban J connectivity index is 2.35. The summed E-state index contributed by atoms with van der Waals surface area (Å²) < 4.78 is 11.3. The van der Waals surface area contributed by atoms with E-state index in [9.17, 15) is 9.59 Å². The highest BCUT2D eigenvalue weighted by Gasteiger charge is 2.21. The second-order valence-electron chi connectivity index (χ2n) is 5.04. The largest absolute Gasteiger partial charge is 0.495 e. The predicted octanol–water partition coefficient (Wildman–Crippen LogP) is 3.55. The third-order valence-electron chi connectivity index (χ3n) is 3.32. The molecule has 6 nitrogen and oxygen atoms in total. The number of carboxylic acids is 1. The number of nitrogens with one attached hydrogen (secondary N) is 1. The van der Waals surface area contributed by atoms with Gasteiger partial charge in [-0.15, -0.1) is 0 Å². The van der Waals surface area contributed by atoms with E-state index >= 15 is 0 Å². The lowest BCUT2D eigenvalue weighted by molar-refractivity contribution is -0.136. The van der Waals surface area contributed by atoms with Crippen LogP contribution in [0.2, 0.25) is 0 Å². The van der Waals surface area contributed by atoms with Gasteiger partial charge in [0.25, 0.3) is 5.91 Å². The fraction of sp³-hybridized carbons (Fsp3) is 0.250. The number of ether oxygens (including phenoxy) is 1. The Hall–Kier alpha value is -2.28. The highest BCUT2D eigenvalue weighted by Crippen LogP contribution is 2.32. The van der Waals surface area contributed by atoms with E-state index in [4.69, 9.17) is 14.3 Å². The van der Waals surface area contributed by atoms with Crippen LogP contribution < -0.4 is 10.1 Å². The molecule has 0 aliphatic heterocycles. The maximum Gasteiger partial charge on any atom is 0.311 e. The molecule has 23 heavy (non-hydrogen) atoms. The van der Waals surface area contributed by atoms with Crippen LogP contribution in [0.1, 0.15) is 27.2 Å². The molecule has 0 spiro atoms. The topological polar surface area (TPSA) is 88.8 Å². The lowest BCUT2D eigenvalue weighted by Crippen LogP contribution is -2.16. The third kappa shape index (κ3) is 3.73. The zero-order chi connectivity index (χ0) is 17.1. The second-order valence-corrected chi connectivity index (χ2v) is 5.90. The monoisotopic (exact) mass is 381 g/mol. The number of carbonyl (C=O) groups is 2. The molecule has 7 heteroatoms. The molecular formula is C16H16BrNO5. The zero-order valence-electron chi connectivity index (χ0n) is 12.9. The van der Waals surface area contributed by atoms with Crippen LogP contribution in [-0.4, -0.2) is 24.1 Å². The number of carbonyl (C=O) groups excluding carboxylic acids is 1. The van der Waals surface area contributed by atoms with E-state index in [2.05, 4.69) is 21.2 Å². The number of hydrogen-bond acceptors (Lipinski definition) is 4. The number of amides is 1. The van der Waals surface area contributed by atoms with E-state index in [1.807, 2.05) is 6.92 Å². The molecule has 0 saturated carbocycles. The van der Waals surface area contributed by atoms with Crippen molar-refractivity contribution < 1.29 is 23.8 Å². The van der Waals surface area contributed by atoms with Crippen molar-refractivity contribution in [2.75, 3.05) is 12.4 Å². The molecule has 1 aromatic heterocycles. The summed E-state index contributed by atoms with van der Waals surface area (Å²) in [4.78, 5) is 23.4. The van der Waals surface area contributed by atoms with Gasteiger partial charge < -0.3 is 19.6 Å². The van der Waals surface area contributed by atoms with E-state index in [0.29, 0.717) is 17.0 Å². The van der Waals surface area contributed by atoms with E-state index in [1.165, 1.54) is 13.4 Å². The van der Waals surface area contributed by atoms with Crippen molar-refractivity contribution in [2.45, 2.75) is 20.3 Å². The number of halogens is 1. The van der Waals surface area contributed by atoms with Crippen LogP contribution >= 0.6 is 15.9 Å². The zero-order valence-corrected chi connectivity index (χ0v) is 14.5. The number of benzene rings is 1. The first-order chi connectivity index (χ1) is 10.8. The Kier molecular flexibility index (Phi) is 5.10. The molecule has 0 aliphatic carbocycles. The van der Waals surface area contributed by atoms with Gasteiger partial charge in [0.1, 0.15) is 17.9 Å². The van der Waals surface area contributed by atoms with Crippen molar-refractivity contribution in [3.05, 3.63) is 45.3 Å². The van der Waals surface area contributed by atoms with Gasteiger partial charge in [-0.3, -0.25) is 9.59 Å². The van der Waals surface area contributed by atoms with Crippen molar-refractivity contribution in [1.29, 1.82) is 0 Å². The number of aryl methyl sites for hydroxylation is 2. The molecule has 0 radical (unpaired) electrons. The van der Waals surface area contributed by atoms with Crippen molar-refractivity contribution in [3.63, 3.8) is 0 Å². The van der Waals surface area contributed by atoms with Gasteiger partial charge >= 0.3 is 5.97 Å². The van der Waals surface area contributed by atoms with Gasteiger partial charge in [-0.05, 0) is 31.5 Å². The predicted molar refractivity (Wildman–Crippen MR) is 88.2 cm³/mol. The van der Waals surface area contributed by atoms with Gasteiger partial charge in [0.2, 0.25) is 0 Å². The quantitative estimate of drug-likeness (QED) is 0.826. The fourth-order valence-electron chi connectivity index (χ4n) is 2.18. The number of furan rings is 1. The first-order valence-corrected chi connectivity index (χ1v) is 7.57. The molecule has 2 rings (SSSR count). The fourth-order valence-corrected chi connectivity index (χ4v) is 2.52. The Labute approximate surface area is 141 Å². The molecule has 0 saturated heterocycles. The average molecular weight is 382 g/mol. The van der Waals surface area contributed by atoms with Crippen LogP contribution in [0.25, 0.3) is 0 Å². The van der Waals surface area contributed by atoms with Crippen molar-refractivity contribution in [3.8, 4) is 5.75 Å². The molecule has 1 amide bonds. The summed E-state index contributed by atoms with van der Waals surface area (Å²) in [6.07, 6.45) is 1.01. The van der Waals surface area contributed by atoms with Gasteiger partial charge in [-0.25, -0.2) is 0 Å². The summed E-state index contributed by atoms with van der Waals surface area (Å²) >= 11 is 3.41. The van der Waals surface area contributed by atoms with Crippen LogP contribution in [0.4, 0.5) is 5.69 Å². The van der Waals surface area contributed by atoms with E-state index in [1.54, 1.807) is 19.1 Å². The van der Waals surface area contributed by atoms with Crippen LogP contribution in [0.3, 0.4) is 0 Å². The molecular weight excluding hydrogens is 366 g/mol. The van der Waals surface area contributed by atoms with Crippen molar-refractivity contribution in [2.24, 2.45) is 0 Å². The molecule has 0 atom stereocenters.